The van der Waals surface area contributed by atoms with E-state index in [1.165, 1.54) is 12.1 Å². The first-order valence-corrected chi connectivity index (χ1v) is 7.43. The molecule has 0 radical (unpaired) electrons. The average molecular weight is 328 g/mol. The van der Waals surface area contributed by atoms with Crippen molar-refractivity contribution >= 4 is 11.8 Å². The number of aromatic amines is 1. The van der Waals surface area contributed by atoms with Crippen LogP contribution in [-0.2, 0) is 5.41 Å². The van der Waals surface area contributed by atoms with Crippen LogP contribution in [-0.4, -0.2) is 21.3 Å². The van der Waals surface area contributed by atoms with Crippen molar-refractivity contribution in [2.24, 2.45) is 0 Å². The van der Waals surface area contributed by atoms with Gasteiger partial charge in [0.2, 0.25) is 5.88 Å². The van der Waals surface area contributed by atoms with Crippen molar-refractivity contribution < 1.29 is 13.7 Å². The van der Waals surface area contributed by atoms with Crippen molar-refractivity contribution in [1.82, 2.24) is 15.4 Å². The van der Waals surface area contributed by atoms with Gasteiger partial charge in [-0.3, -0.25) is 15.2 Å². The van der Waals surface area contributed by atoms with Crippen LogP contribution in [0.1, 0.15) is 37.0 Å². The second kappa shape index (κ2) is 5.92. The summed E-state index contributed by atoms with van der Waals surface area (Å²) in [5.74, 6) is -0.456. The van der Waals surface area contributed by atoms with Crippen molar-refractivity contribution in [2.75, 3.05) is 5.32 Å². The summed E-state index contributed by atoms with van der Waals surface area (Å²) in [5.41, 5.74) is 2.10. The van der Waals surface area contributed by atoms with Crippen molar-refractivity contribution in [1.29, 1.82) is 0 Å². The van der Waals surface area contributed by atoms with Crippen molar-refractivity contribution in [3.05, 3.63) is 53.6 Å². The molecule has 3 aromatic rings. The van der Waals surface area contributed by atoms with Gasteiger partial charge < -0.3 is 4.52 Å². The van der Waals surface area contributed by atoms with Gasteiger partial charge in [0.25, 0.3) is 5.91 Å². The molecule has 0 atom stereocenters. The molecule has 124 valence electrons. The Morgan fingerprint density at radius 1 is 1.21 bits per heavy atom. The molecule has 0 aliphatic heterocycles. The monoisotopic (exact) mass is 328 g/mol. The van der Waals surface area contributed by atoms with Gasteiger partial charge in [-0.2, -0.15) is 5.10 Å². The summed E-state index contributed by atoms with van der Waals surface area (Å²) in [5, 5.41) is 13.3. The molecular formula is C17H17FN4O2. The lowest BCUT2D eigenvalue weighted by Crippen LogP contribution is -2.12. The Balaban J connectivity index is 1.74. The Morgan fingerprint density at radius 2 is 1.92 bits per heavy atom. The fourth-order valence-corrected chi connectivity index (χ4v) is 2.07. The highest BCUT2D eigenvalue weighted by Gasteiger charge is 2.20. The van der Waals surface area contributed by atoms with Crippen LogP contribution in [0.25, 0.3) is 11.3 Å². The fraction of sp³-hybridized carbons (Fsp3) is 0.235. The van der Waals surface area contributed by atoms with Crippen molar-refractivity contribution in [3.8, 4) is 11.3 Å². The molecule has 2 aromatic heterocycles. The van der Waals surface area contributed by atoms with E-state index < -0.39 is 5.91 Å². The van der Waals surface area contributed by atoms with E-state index in [0.717, 1.165) is 5.69 Å². The molecule has 0 spiro atoms. The number of hydrogen-bond donors (Lipinski definition) is 2. The molecule has 0 unspecified atom stereocenters. The lowest BCUT2D eigenvalue weighted by molar-refractivity contribution is 0.101. The lowest BCUT2D eigenvalue weighted by atomic mass is 9.92. The normalized spacial score (nSPS) is 11.5. The summed E-state index contributed by atoms with van der Waals surface area (Å²) in [6.45, 7) is 6.00. The first-order valence-electron chi connectivity index (χ1n) is 7.43. The Hall–Kier alpha value is -2.96. The van der Waals surface area contributed by atoms with E-state index in [-0.39, 0.29) is 22.8 Å². The van der Waals surface area contributed by atoms with Gasteiger partial charge in [-0.1, -0.05) is 25.9 Å². The Morgan fingerprint density at radius 3 is 2.54 bits per heavy atom. The minimum Gasteiger partial charge on any atom is -0.338 e. The molecule has 1 aromatic carbocycles. The number of H-pyrrole nitrogens is 1. The van der Waals surface area contributed by atoms with Gasteiger partial charge in [-0.15, -0.1) is 0 Å². The predicted octanol–water partition coefficient (Wildman–Crippen LogP) is 3.75. The maximum Gasteiger partial charge on any atom is 0.276 e. The molecule has 0 saturated heterocycles. The average Bonchev–Trinajstić information content (AvgIpc) is 3.16. The zero-order chi connectivity index (χ0) is 17.3. The van der Waals surface area contributed by atoms with Crippen LogP contribution in [0.5, 0.6) is 0 Å². The van der Waals surface area contributed by atoms with Crippen molar-refractivity contribution in [3.63, 3.8) is 0 Å². The van der Waals surface area contributed by atoms with Crippen LogP contribution in [0.15, 0.2) is 40.9 Å². The van der Waals surface area contributed by atoms with E-state index in [9.17, 15) is 9.18 Å². The Labute approximate surface area is 138 Å². The minimum absolute atomic E-state index is 0.170. The number of halogens is 1. The van der Waals surface area contributed by atoms with Crippen LogP contribution >= 0.6 is 0 Å². The van der Waals surface area contributed by atoms with E-state index in [2.05, 4.69) is 20.7 Å². The highest BCUT2D eigenvalue weighted by Crippen LogP contribution is 2.24. The molecule has 0 bridgehead atoms. The van der Waals surface area contributed by atoms with Gasteiger partial charge in [-0.25, -0.2) is 4.39 Å². The van der Waals surface area contributed by atoms with E-state index in [1.54, 1.807) is 24.3 Å². The van der Waals surface area contributed by atoms with Crippen LogP contribution in [0.3, 0.4) is 0 Å². The number of nitrogens with one attached hydrogen (secondary N) is 2. The van der Waals surface area contributed by atoms with Crippen molar-refractivity contribution in [2.45, 2.75) is 26.2 Å². The Kier molecular flexibility index (Phi) is 3.92. The summed E-state index contributed by atoms with van der Waals surface area (Å²) in [7, 11) is 0. The molecule has 2 heterocycles. The maximum absolute atomic E-state index is 13.0. The van der Waals surface area contributed by atoms with Gasteiger partial charge in [0.05, 0.1) is 11.4 Å². The standard InChI is InChI=1S/C17H17FN4O2/c1-17(2,3)14-9-15(24-22-14)19-16(23)13-8-12(20-21-13)10-4-6-11(18)7-5-10/h4-9H,1-3H3,(H,19,23)(H,20,21). The molecule has 0 aliphatic carbocycles. The number of benzene rings is 1. The van der Waals surface area contributed by atoms with Gasteiger partial charge in [0.1, 0.15) is 11.5 Å². The quantitative estimate of drug-likeness (QED) is 0.767. The van der Waals surface area contributed by atoms with E-state index >= 15 is 0 Å². The Bertz CT molecular complexity index is 859. The number of aromatic nitrogens is 3. The molecule has 1 amide bonds. The summed E-state index contributed by atoms with van der Waals surface area (Å²) in [4.78, 5) is 12.2. The maximum atomic E-state index is 13.0. The number of anilines is 1. The van der Waals surface area contributed by atoms with Crippen LogP contribution in [0.2, 0.25) is 0 Å². The molecule has 24 heavy (non-hydrogen) atoms. The molecule has 0 saturated carbocycles. The number of hydrogen-bond acceptors (Lipinski definition) is 4. The molecular weight excluding hydrogens is 311 g/mol. The number of nitrogens with zero attached hydrogens (tertiary/aromatic N) is 2. The van der Waals surface area contributed by atoms with E-state index in [0.29, 0.717) is 11.3 Å². The topological polar surface area (TPSA) is 83.8 Å². The predicted molar refractivity (Wildman–Crippen MR) is 87.1 cm³/mol. The fourth-order valence-electron chi connectivity index (χ4n) is 2.07. The van der Waals surface area contributed by atoms with Gasteiger partial charge in [0.15, 0.2) is 0 Å². The summed E-state index contributed by atoms with van der Waals surface area (Å²) in [6, 6.07) is 9.15. The molecule has 0 aliphatic rings. The first-order chi connectivity index (χ1) is 11.3. The summed E-state index contributed by atoms with van der Waals surface area (Å²) in [6.07, 6.45) is 0. The third-order valence-corrected chi connectivity index (χ3v) is 3.48. The first kappa shape index (κ1) is 15.9. The number of amides is 1. The SMILES string of the molecule is CC(C)(C)c1cc(NC(=O)c2cc(-c3ccc(F)cc3)n[nH]2)on1. The van der Waals surface area contributed by atoms with Crippen LogP contribution in [0, 0.1) is 5.82 Å². The molecule has 7 heteroatoms. The van der Waals surface area contributed by atoms with E-state index in [4.69, 9.17) is 4.52 Å². The largest absolute Gasteiger partial charge is 0.338 e. The number of rotatable bonds is 3. The molecule has 0 fully saturated rings. The lowest BCUT2D eigenvalue weighted by Gasteiger charge is -2.12. The minimum atomic E-state index is -0.396. The van der Waals surface area contributed by atoms with Crippen LogP contribution < -0.4 is 5.32 Å². The van der Waals surface area contributed by atoms with Crippen LogP contribution in [0.4, 0.5) is 10.3 Å². The molecule has 2 N–H and O–H groups in total. The van der Waals surface area contributed by atoms with Gasteiger partial charge >= 0.3 is 0 Å². The third kappa shape index (κ3) is 3.34. The zero-order valence-electron chi connectivity index (χ0n) is 13.6. The highest BCUT2D eigenvalue weighted by molar-refractivity contribution is 6.02. The molecule has 3 rings (SSSR count). The third-order valence-electron chi connectivity index (χ3n) is 3.48. The highest BCUT2D eigenvalue weighted by atomic mass is 19.1. The summed E-state index contributed by atoms with van der Waals surface area (Å²) >= 11 is 0. The zero-order valence-corrected chi connectivity index (χ0v) is 13.6. The van der Waals surface area contributed by atoms with Gasteiger partial charge in [0, 0.05) is 17.0 Å². The summed E-state index contributed by atoms with van der Waals surface area (Å²) < 4.78 is 18.1. The second-order valence-corrected chi connectivity index (χ2v) is 6.45. The second-order valence-electron chi connectivity index (χ2n) is 6.45. The number of carbonyl (C=O) groups is 1. The smallest absolute Gasteiger partial charge is 0.276 e. The number of carbonyl (C=O) groups excluding carboxylic acids is 1. The van der Waals surface area contributed by atoms with Gasteiger partial charge in [-0.05, 0) is 30.3 Å². The van der Waals surface area contributed by atoms with E-state index in [1.807, 2.05) is 20.8 Å². The molecule has 6 nitrogen and oxygen atoms in total.